The van der Waals surface area contributed by atoms with Gasteiger partial charge in [0.2, 0.25) is 0 Å². The number of hydrogen-bond acceptors (Lipinski definition) is 6. The molecule has 0 saturated carbocycles. The second-order valence-electron chi connectivity index (χ2n) is 8.50. The number of halogens is 2. The Morgan fingerprint density at radius 2 is 1.85 bits per heavy atom. The van der Waals surface area contributed by atoms with E-state index in [1.807, 2.05) is 19.1 Å². The summed E-state index contributed by atoms with van der Waals surface area (Å²) in [6.45, 7) is 4.65. The van der Waals surface area contributed by atoms with Crippen LogP contribution in [-0.2, 0) is 0 Å². The Kier molecular flexibility index (Phi) is 5.36. The molecule has 4 aromatic rings. The Balaban J connectivity index is 1.57. The summed E-state index contributed by atoms with van der Waals surface area (Å²) in [4.78, 5) is 27.4. The molecule has 6 nitrogen and oxygen atoms in total. The number of aryl methyl sites for hydroxylation is 1. The number of carbonyl (C=O) groups excluding carboxylic acids is 1. The quantitative estimate of drug-likeness (QED) is 0.386. The number of carbonyl (C=O) groups is 1. The van der Waals surface area contributed by atoms with Crippen LogP contribution in [0.1, 0.15) is 47.5 Å². The van der Waals surface area contributed by atoms with E-state index in [9.17, 15) is 13.6 Å². The summed E-state index contributed by atoms with van der Waals surface area (Å²) in [5, 5.41) is 0. The maximum atomic E-state index is 13.6. The van der Waals surface area contributed by atoms with Gasteiger partial charge < -0.3 is 9.32 Å². The molecule has 1 aliphatic heterocycles. The Hall–Kier alpha value is -3.68. The third-order valence-electron chi connectivity index (χ3n) is 6.20. The van der Waals surface area contributed by atoms with Crippen molar-refractivity contribution in [3.63, 3.8) is 0 Å². The average Bonchev–Trinajstić information content (AvgIpc) is 3.22. The lowest BCUT2D eigenvalue weighted by atomic mass is 9.91. The van der Waals surface area contributed by atoms with Gasteiger partial charge in [0.15, 0.2) is 35.2 Å². The Bertz CT molecular complexity index is 1300. The normalized spacial score (nSPS) is 18.6. The summed E-state index contributed by atoms with van der Waals surface area (Å²) in [6.07, 6.45) is 5.81. The van der Waals surface area contributed by atoms with Crippen LogP contribution in [0.25, 0.3) is 22.5 Å². The van der Waals surface area contributed by atoms with Crippen LogP contribution in [0.3, 0.4) is 0 Å². The summed E-state index contributed by atoms with van der Waals surface area (Å²) in [7, 11) is 0. The maximum absolute atomic E-state index is 13.6. The standard InChI is InChI=1S/C25H22F2N4O2/c1-14-8-17(13-32)23(24-28-6-3-7-29-24)21(9-14)31-12-16(5-4-15(31)2)25-30-20-10-18(26)19(27)11-22(20)33-25/h3,6-11,13,15-16H,4-5,12H2,1-2H3/t15-,16-/m1/s1. The summed E-state index contributed by atoms with van der Waals surface area (Å²) >= 11 is 0. The number of fused-ring (bicyclic) bond motifs is 1. The Morgan fingerprint density at radius 3 is 2.61 bits per heavy atom. The van der Waals surface area contributed by atoms with E-state index in [4.69, 9.17) is 4.42 Å². The number of benzene rings is 2. The molecule has 2 atom stereocenters. The number of oxazole rings is 1. The molecule has 33 heavy (non-hydrogen) atoms. The number of rotatable bonds is 4. The minimum absolute atomic E-state index is 0.0792. The van der Waals surface area contributed by atoms with Crippen molar-refractivity contribution in [3.8, 4) is 11.4 Å². The van der Waals surface area contributed by atoms with E-state index in [0.29, 0.717) is 34.9 Å². The molecule has 2 aromatic heterocycles. The first kappa shape index (κ1) is 21.2. The highest BCUT2D eigenvalue weighted by molar-refractivity contribution is 5.93. The Morgan fingerprint density at radius 1 is 1.09 bits per heavy atom. The van der Waals surface area contributed by atoms with Gasteiger partial charge >= 0.3 is 0 Å². The highest BCUT2D eigenvalue weighted by Crippen LogP contribution is 2.39. The van der Waals surface area contributed by atoms with E-state index < -0.39 is 11.6 Å². The zero-order chi connectivity index (χ0) is 23.1. The summed E-state index contributed by atoms with van der Waals surface area (Å²) in [5.41, 5.74) is 3.56. The molecule has 0 spiro atoms. The number of hydrogen-bond donors (Lipinski definition) is 0. The van der Waals surface area contributed by atoms with E-state index >= 15 is 0 Å². The van der Waals surface area contributed by atoms with Gasteiger partial charge in [-0.3, -0.25) is 4.79 Å². The van der Waals surface area contributed by atoms with Gasteiger partial charge in [0.05, 0.1) is 11.5 Å². The lowest BCUT2D eigenvalue weighted by Crippen LogP contribution is -2.41. The molecule has 8 heteroatoms. The highest BCUT2D eigenvalue weighted by atomic mass is 19.2. The molecule has 0 aliphatic carbocycles. The summed E-state index contributed by atoms with van der Waals surface area (Å²) in [6, 6.07) is 7.88. The summed E-state index contributed by atoms with van der Waals surface area (Å²) in [5.74, 6) is -1.05. The maximum Gasteiger partial charge on any atom is 0.200 e. The molecular weight excluding hydrogens is 426 g/mol. The molecular formula is C25H22F2N4O2. The van der Waals surface area contributed by atoms with Gasteiger partial charge in [-0.25, -0.2) is 23.7 Å². The topological polar surface area (TPSA) is 72.1 Å². The number of aromatic nitrogens is 3. The number of nitrogens with zero attached hydrogens (tertiary/aromatic N) is 4. The molecule has 5 rings (SSSR count). The van der Waals surface area contributed by atoms with Gasteiger partial charge in [0, 0.05) is 48.4 Å². The second-order valence-corrected chi connectivity index (χ2v) is 8.50. The number of piperidine rings is 1. The van der Waals surface area contributed by atoms with E-state index in [1.165, 1.54) is 0 Å². The van der Waals surface area contributed by atoms with Crippen molar-refractivity contribution in [2.75, 3.05) is 11.4 Å². The van der Waals surface area contributed by atoms with Crippen molar-refractivity contribution in [1.29, 1.82) is 0 Å². The second kappa shape index (κ2) is 8.35. The van der Waals surface area contributed by atoms with Crippen LogP contribution < -0.4 is 4.90 Å². The van der Waals surface area contributed by atoms with E-state index in [-0.39, 0.29) is 17.5 Å². The molecule has 1 aliphatic rings. The van der Waals surface area contributed by atoms with Crippen LogP contribution >= 0.6 is 0 Å². The van der Waals surface area contributed by atoms with Crippen LogP contribution in [0, 0.1) is 18.6 Å². The molecule has 1 saturated heterocycles. The fourth-order valence-electron chi connectivity index (χ4n) is 4.55. The zero-order valence-corrected chi connectivity index (χ0v) is 18.3. The SMILES string of the molecule is Cc1cc(C=O)c(-c2ncccn2)c(N2C[C@H](c3nc4cc(F)c(F)cc4o3)CC[C@H]2C)c1. The highest BCUT2D eigenvalue weighted by Gasteiger charge is 2.32. The lowest BCUT2D eigenvalue weighted by Gasteiger charge is -2.40. The van der Waals surface area contributed by atoms with Gasteiger partial charge in [-0.05, 0) is 50.5 Å². The van der Waals surface area contributed by atoms with Crippen molar-refractivity contribution >= 4 is 23.1 Å². The number of anilines is 1. The monoisotopic (exact) mass is 448 g/mol. The van der Waals surface area contributed by atoms with Crippen LogP contribution in [0.4, 0.5) is 14.5 Å². The third-order valence-corrected chi connectivity index (χ3v) is 6.20. The molecule has 2 aromatic carbocycles. The third kappa shape index (κ3) is 3.86. The van der Waals surface area contributed by atoms with E-state index in [1.54, 1.807) is 18.5 Å². The van der Waals surface area contributed by atoms with Crippen LogP contribution in [-0.4, -0.2) is 33.8 Å². The fourth-order valence-corrected chi connectivity index (χ4v) is 4.55. The lowest BCUT2D eigenvalue weighted by molar-refractivity contribution is 0.112. The van der Waals surface area contributed by atoms with E-state index in [2.05, 4.69) is 26.8 Å². The smallest absolute Gasteiger partial charge is 0.200 e. The minimum Gasteiger partial charge on any atom is -0.440 e. The predicted molar refractivity (Wildman–Crippen MR) is 120 cm³/mol. The van der Waals surface area contributed by atoms with Crippen molar-refractivity contribution < 1.29 is 18.0 Å². The molecule has 168 valence electrons. The Labute approximate surface area is 189 Å². The molecule has 0 N–H and O–H groups in total. The largest absolute Gasteiger partial charge is 0.440 e. The molecule has 0 unspecified atom stereocenters. The average molecular weight is 448 g/mol. The molecule has 0 amide bonds. The minimum atomic E-state index is -0.960. The molecule has 0 bridgehead atoms. The molecule has 1 fully saturated rings. The van der Waals surface area contributed by atoms with Crippen LogP contribution in [0.5, 0.6) is 0 Å². The predicted octanol–water partition coefficient (Wildman–Crippen LogP) is 5.46. The zero-order valence-electron chi connectivity index (χ0n) is 18.3. The van der Waals surface area contributed by atoms with Crippen molar-refractivity contribution in [1.82, 2.24) is 15.0 Å². The molecule has 0 radical (unpaired) electrons. The van der Waals surface area contributed by atoms with Crippen molar-refractivity contribution in [2.45, 2.75) is 38.6 Å². The van der Waals surface area contributed by atoms with Gasteiger partial charge in [-0.2, -0.15) is 0 Å². The van der Waals surface area contributed by atoms with Gasteiger partial charge in [0.25, 0.3) is 0 Å². The fraction of sp³-hybridized carbons (Fsp3) is 0.280. The van der Waals surface area contributed by atoms with Crippen LogP contribution in [0.15, 0.2) is 47.1 Å². The van der Waals surface area contributed by atoms with Gasteiger partial charge in [-0.1, -0.05) is 0 Å². The summed E-state index contributed by atoms with van der Waals surface area (Å²) < 4.78 is 33.1. The first-order chi connectivity index (χ1) is 15.9. The van der Waals surface area contributed by atoms with Gasteiger partial charge in [0.1, 0.15) is 5.52 Å². The van der Waals surface area contributed by atoms with E-state index in [0.717, 1.165) is 42.5 Å². The van der Waals surface area contributed by atoms with Gasteiger partial charge in [-0.15, -0.1) is 0 Å². The first-order valence-electron chi connectivity index (χ1n) is 10.8. The van der Waals surface area contributed by atoms with Crippen LogP contribution in [0.2, 0.25) is 0 Å². The molecule has 3 heterocycles. The number of aldehydes is 1. The van der Waals surface area contributed by atoms with Crippen molar-refractivity contribution in [2.24, 2.45) is 0 Å². The first-order valence-corrected chi connectivity index (χ1v) is 10.8. The van der Waals surface area contributed by atoms with Crippen molar-refractivity contribution in [3.05, 3.63) is 71.4 Å².